The van der Waals surface area contributed by atoms with E-state index in [9.17, 15) is 4.79 Å². The van der Waals surface area contributed by atoms with Crippen LogP contribution in [0, 0.1) is 0 Å². The van der Waals surface area contributed by atoms with Crippen molar-refractivity contribution in [2.45, 2.75) is 13.0 Å². The minimum absolute atomic E-state index is 0.123. The zero-order valence-electron chi connectivity index (χ0n) is 17.3. The Morgan fingerprint density at radius 3 is 2.65 bits per heavy atom. The Hall–Kier alpha value is -3.87. The molecule has 0 bridgehead atoms. The van der Waals surface area contributed by atoms with Crippen LogP contribution in [0.1, 0.15) is 22.6 Å². The van der Waals surface area contributed by atoms with Crippen molar-refractivity contribution in [3.8, 4) is 11.5 Å². The maximum Gasteiger partial charge on any atom is 0.251 e. The Morgan fingerprint density at radius 2 is 1.84 bits per heavy atom. The van der Waals surface area contributed by atoms with Gasteiger partial charge in [0.15, 0.2) is 0 Å². The topological polar surface area (TPSA) is 78.3 Å². The van der Waals surface area contributed by atoms with Crippen molar-refractivity contribution in [2.75, 3.05) is 13.2 Å². The van der Waals surface area contributed by atoms with Crippen molar-refractivity contribution in [1.82, 2.24) is 19.9 Å². The molecule has 158 valence electrons. The van der Waals surface area contributed by atoms with Gasteiger partial charge >= 0.3 is 0 Å². The van der Waals surface area contributed by atoms with Crippen LogP contribution in [0.5, 0.6) is 11.5 Å². The Morgan fingerprint density at radius 1 is 1.00 bits per heavy atom. The van der Waals surface area contributed by atoms with E-state index in [1.807, 2.05) is 48.1 Å². The zero-order valence-corrected chi connectivity index (χ0v) is 17.3. The number of hydrogen-bond donors (Lipinski definition) is 1. The fourth-order valence-electron chi connectivity index (χ4n) is 3.14. The van der Waals surface area contributed by atoms with Gasteiger partial charge in [-0.05, 0) is 42.8 Å². The molecule has 0 saturated heterocycles. The van der Waals surface area contributed by atoms with E-state index < -0.39 is 0 Å². The lowest BCUT2D eigenvalue weighted by molar-refractivity contribution is 0.0951. The van der Waals surface area contributed by atoms with Gasteiger partial charge in [-0.2, -0.15) is 0 Å². The SMILES string of the molecule is Cn1ccnc1COc1ccc(C(=O)NCCCOc2cccc3cccnc23)cc1. The quantitative estimate of drug-likeness (QED) is 0.421. The van der Waals surface area contributed by atoms with Crippen LogP contribution in [-0.2, 0) is 13.7 Å². The lowest BCUT2D eigenvalue weighted by Crippen LogP contribution is -2.25. The molecule has 7 heteroatoms. The summed E-state index contributed by atoms with van der Waals surface area (Å²) in [7, 11) is 1.92. The first-order valence-corrected chi connectivity index (χ1v) is 10.1. The third-order valence-corrected chi connectivity index (χ3v) is 4.87. The minimum Gasteiger partial charge on any atom is -0.491 e. The third-order valence-electron chi connectivity index (χ3n) is 4.87. The number of nitrogens with one attached hydrogen (secondary N) is 1. The number of hydrogen-bond acceptors (Lipinski definition) is 5. The third kappa shape index (κ3) is 5.19. The van der Waals surface area contributed by atoms with Gasteiger partial charge in [-0.3, -0.25) is 9.78 Å². The van der Waals surface area contributed by atoms with E-state index in [0.29, 0.717) is 37.5 Å². The van der Waals surface area contributed by atoms with Crippen LogP contribution in [0.2, 0.25) is 0 Å². The molecule has 2 heterocycles. The number of para-hydroxylation sites is 1. The smallest absolute Gasteiger partial charge is 0.251 e. The number of benzene rings is 2. The lowest BCUT2D eigenvalue weighted by Gasteiger charge is -2.10. The molecule has 0 aliphatic heterocycles. The van der Waals surface area contributed by atoms with Gasteiger partial charge in [-0.25, -0.2) is 4.98 Å². The maximum atomic E-state index is 12.3. The summed E-state index contributed by atoms with van der Waals surface area (Å²) in [5, 5.41) is 3.96. The largest absolute Gasteiger partial charge is 0.491 e. The highest BCUT2D eigenvalue weighted by molar-refractivity contribution is 5.94. The van der Waals surface area contributed by atoms with Crippen molar-refractivity contribution >= 4 is 16.8 Å². The number of aryl methyl sites for hydroxylation is 1. The fraction of sp³-hybridized carbons (Fsp3) is 0.208. The van der Waals surface area contributed by atoms with Gasteiger partial charge in [0.1, 0.15) is 29.4 Å². The molecule has 0 fully saturated rings. The Bertz CT molecular complexity index is 1150. The molecule has 4 aromatic rings. The first-order valence-electron chi connectivity index (χ1n) is 10.1. The maximum absolute atomic E-state index is 12.3. The summed E-state index contributed by atoms with van der Waals surface area (Å²) in [5.74, 6) is 2.16. The monoisotopic (exact) mass is 416 g/mol. The van der Waals surface area contributed by atoms with Crippen LogP contribution >= 0.6 is 0 Å². The Kier molecular flexibility index (Phi) is 6.42. The van der Waals surface area contributed by atoms with Gasteiger partial charge in [0.2, 0.25) is 0 Å². The van der Waals surface area contributed by atoms with Gasteiger partial charge in [-0.1, -0.05) is 18.2 Å². The average Bonchev–Trinajstić information content (AvgIpc) is 3.22. The van der Waals surface area contributed by atoms with Gasteiger partial charge in [0, 0.05) is 43.1 Å². The van der Waals surface area contributed by atoms with E-state index in [1.165, 1.54) is 0 Å². The van der Waals surface area contributed by atoms with Crippen molar-refractivity contribution in [1.29, 1.82) is 0 Å². The number of nitrogens with zero attached hydrogens (tertiary/aromatic N) is 3. The fourth-order valence-corrected chi connectivity index (χ4v) is 3.14. The van der Waals surface area contributed by atoms with Gasteiger partial charge in [0.05, 0.1) is 6.61 Å². The van der Waals surface area contributed by atoms with E-state index >= 15 is 0 Å². The molecule has 2 aromatic carbocycles. The predicted molar refractivity (Wildman–Crippen MR) is 118 cm³/mol. The molecule has 31 heavy (non-hydrogen) atoms. The first kappa shape index (κ1) is 20.4. The molecule has 0 radical (unpaired) electrons. The molecule has 1 N–H and O–H groups in total. The van der Waals surface area contributed by atoms with E-state index in [4.69, 9.17) is 9.47 Å². The van der Waals surface area contributed by atoms with E-state index in [1.54, 1.807) is 36.7 Å². The Labute approximate surface area is 180 Å². The lowest BCUT2D eigenvalue weighted by atomic mass is 10.2. The normalized spacial score (nSPS) is 10.7. The summed E-state index contributed by atoms with van der Waals surface area (Å²) in [5.41, 5.74) is 1.43. The van der Waals surface area contributed by atoms with Crippen molar-refractivity contribution in [3.63, 3.8) is 0 Å². The molecule has 7 nitrogen and oxygen atoms in total. The highest BCUT2D eigenvalue weighted by Gasteiger charge is 2.07. The molecule has 0 spiro atoms. The number of pyridine rings is 1. The average molecular weight is 416 g/mol. The van der Waals surface area contributed by atoms with Crippen LogP contribution < -0.4 is 14.8 Å². The first-order chi connectivity index (χ1) is 15.2. The molecular weight excluding hydrogens is 392 g/mol. The van der Waals surface area contributed by atoms with Crippen molar-refractivity contribution in [3.05, 3.63) is 84.6 Å². The number of rotatable bonds is 9. The highest BCUT2D eigenvalue weighted by Crippen LogP contribution is 2.22. The standard InChI is InChI=1S/C24H24N4O3/c1-28-15-14-25-22(28)17-31-20-10-8-19(9-11-20)24(29)27-13-4-16-30-21-7-2-5-18-6-3-12-26-23(18)21/h2-3,5-12,14-15H,4,13,16-17H2,1H3,(H,27,29). The van der Waals surface area contributed by atoms with Crippen molar-refractivity contribution in [2.24, 2.45) is 7.05 Å². The number of amides is 1. The minimum atomic E-state index is -0.123. The molecule has 0 atom stereocenters. The number of carbonyl (C=O) groups is 1. The number of imidazole rings is 1. The molecule has 2 aromatic heterocycles. The molecule has 0 unspecified atom stereocenters. The van der Waals surface area contributed by atoms with Crippen LogP contribution in [0.3, 0.4) is 0 Å². The summed E-state index contributed by atoms with van der Waals surface area (Å²) < 4.78 is 13.5. The summed E-state index contributed by atoms with van der Waals surface area (Å²) in [4.78, 5) is 20.9. The Balaban J connectivity index is 1.20. The van der Waals surface area contributed by atoms with Crippen LogP contribution in [0.4, 0.5) is 0 Å². The summed E-state index contributed by atoms with van der Waals surface area (Å²) >= 11 is 0. The van der Waals surface area contributed by atoms with Gasteiger partial charge < -0.3 is 19.4 Å². The number of fused-ring (bicyclic) bond motifs is 1. The van der Waals surface area contributed by atoms with Gasteiger partial charge in [-0.15, -0.1) is 0 Å². The predicted octanol–water partition coefficient (Wildman–Crippen LogP) is 3.75. The molecule has 0 saturated carbocycles. The number of carbonyl (C=O) groups excluding carboxylic acids is 1. The van der Waals surface area contributed by atoms with Crippen LogP contribution in [0.25, 0.3) is 10.9 Å². The second-order valence-corrected chi connectivity index (χ2v) is 7.06. The van der Waals surface area contributed by atoms with Crippen LogP contribution in [-0.4, -0.2) is 33.6 Å². The van der Waals surface area contributed by atoms with E-state index in [-0.39, 0.29) is 5.91 Å². The highest BCUT2D eigenvalue weighted by atomic mass is 16.5. The molecule has 0 aliphatic rings. The second-order valence-electron chi connectivity index (χ2n) is 7.06. The molecular formula is C24H24N4O3. The van der Waals surface area contributed by atoms with E-state index in [2.05, 4.69) is 15.3 Å². The summed E-state index contributed by atoms with van der Waals surface area (Å²) in [6.45, 7) is 1.39. The number of aromatic nitrogens is 3. The summed E-state index contributed by atoms with van der Waals surface area (Å²) in [6.07, 6.45) is 6.05. The van der Waals surface area contributed by atoms with Crippen LogP contribution in [0.15, 0.2) is 73.2 Å². The summed E-state index contributed by atoms with van der Waals surface area (Å²) in [6, 6.07) is 16.8. The number of ether oxygens (including phenoxy) is 2. The van der Waals surface area contributed by atoms with E-state index in [0.717, 1.165) is 22.5 Å². The molecule has 0 aliphatic carbocycles. The molecule has 4 rings (SSSR count). The molecule has 1 amide bonds. The second kappa shape index (κ2) is 9.75. The van der Waals surface area contributed by atoms with Gasteiger partial charge in [0.25, 0.3) is 5.91 Å². The van der Waals surface area contributed by atoms with Crippen molar-refractivity contribution < 1.29 is 14.3 Å². The zero-order chi connectivity index (χ0) is 21.5.